The maximum atomic E-state index is 13.1. The zero-order valence-electron chi connectivity index (χ0n) is 13.8. The number of carbonyl (C=O) groups is 1. The minimum atomic E-state index is -0.551. The first-order valence-corrected chi connectivity index (χ1v) is 8.23. The molecule has 1 aliphatic rings. The fourth-order valence-corrected chi connectivity index (χ4v) is 3.47. The lowest BCUT2D eigenvalue weighted by molar-refractivity contribution is 0.0711. The van der Waals surface area contributed by atoms with Crippen molar-refractivity contribution in [2.75, 3.05) is 13.7 Å². The van der Waals surface area contributed by atoms with Crippen molar-refractivity contribution in [3.63, 3.8) is 0 Å². The smallest absolute Gasteiger partial charge is 0.275 e. The molecule has 0 unspecified atom stereocenters. The van der Waals surface area contributed by atoms with Crippen LogP contribution in [0.25, 0.3) is 10.9 Å². The van der Waals surface area contributed by atoms with E-state index in [2.05, 4.69) is 10.2 Å². The number of carbonyl (C=O) groups excluding carboxylic acids is 1. The molecule has 2 aromatic carbocycles. The number of aromatic amines is 1. The number of aromatic nitrogens is 2. The van der Waals surface area contributed by atoms with Gasteiger partial charge in [0.1, 0.15) is 5.75 Å². The predicted octanol–water partition coefficient (Wildman–Crippen LogP) is 2.52. The number of H-pyrrole nitrogens is 1. The SMILES string of the molecule is COc1cccc([C@@H]2C[C@H](O)CN2C(=O)c2n[nH]c3ccccc23)c1. The second-order valence-electron chi connectivity index (χ2n) is 6.26. The third-order valence-electron chi connectivity index (χ3n) is 4.69. The van der Waals surface area contributed by atoms with Crippen molar-refractivity contribution in [3.05, 3.63) is 59.8 Å². The van der Waals surface area contributed by atoms with E-state index in [-0.39, 0.29) is 11.9 Å². The summed E-state index contributed by atoms with van der Waals surface area (Å²) >= 11 is 0. The molecule has 2 N–H and O–H groups in total. The Hall–Kier alpha value is -2.86. The van der Waals surface area contributed by atoms with Gasteiger partial charge in [0, 0.05) is 11.9 Å². The Morgan fingerprint density at radius 2 is 2.12 bits per heavy atom. The molecule has 0 saturated carbocycles. The molecule has 0 aliphatic carbocycles. The maximum Gasteiger partial charge on any atom is 0.275 e. The maximum absolute atomic E-state index is 13.1. The van der Waals surface area contributed by atoms with Gasteiger partial charge in [-0.1, -0.05) is 30.3 Å². The van der Waals surface area contributed by atoms with E-state index in [9.17, 15) is 9.90 Å². The number of rotatable bonds is 3. The summed E-state index contributed by atoms with van der Waals surface area (Å²) in [7, 11) is 1.61. The highest BCUT2D eigenvalue weighted by Gasteiger charge is 2.37. The fraction of sp³-hybridized carbons (Fsp3) is 0.263. The highest BCUT2D eigenvalue weighted by Crippen LogP contribution is 2.35. The Bertz CT molecular complexity index is 921. The van der Waals surface area contributed by atoms with Crippen LogP contribution in [0.2, 0.25) is 0 Å². The summed E-state index contributed by atoms with van der Waals surface area (Å²) < 4.78 is 5.28. The molecule has 6 nitrogen and oxygen atoms in total. The number of aliphatic hydroxyl groups excluding tert-OH is 1. The molecule has 0 radical (unpaired) electrons. The molecule has 0 bridgehead atoms. The Morgan fingerprint density at radius 3 is 2.96 bits per heavy atom. The normalized spacial score (nSPS) is 20.2. The number of β-amino-alcohol motifs (C(OH)–C–C–N with tert-alkyl or cyclic N) is 1. The number of fused-ring (bicyclic) bond motifs is 1. The highest BCUT2D eigenvalue weighted by atomic mass is 16.5. The van der Waals surface area contributed by atoms with Gasteiger partial charge in [0.05, 0.1) is 24.8 Å². The molecule has 1 aliphatic heterocycles. The van der Waals surface area contributed by atoms with Gasteiger partial charge in [-0.2, -0.15) is 5.10 Å². The van der Waals surface area contributed by atoms with Gasteiger partial charge in [0.2, 0.25) is 0 Å². The first-order chi connectivity index (χ1) is 12.2. The predicted molar refractivity (Wildman–Crippen MR) is 93.5 cm³/mol. The number of aliphatic hydroxyl groups is 1. The molecule has 128 valence electrons. The lowest BCUT2D eigenvalue weighted by atomic mass is 10.0. The van der Waals surface area contributed by atoms with E-state index in [4.69, 9.17) is 4.74 Å². The van der Waals surface area contributed by atoms with Crippen LogP contribution in [-0.4, -0.2) is 45.9 Å². The van der Waals surface area contributed by atoms with E-state index < -0.39 is 6.10 Å². The van der Waals surface area contributed by atoms with Crippen molar-refractivity contribution in [2.24, 2.45) is 0 Å². The van der Waals surface area contributed by atoms with E-state index in [0.717, 1.165) is 22.2 Å². The molecule has 1 fully saturated rings. The Morgan fingerprint density at radius 1 is 1.28 bits per heavy atom. The highest BCUT2D eigenvalue weighted by molar-refractivity contribution is 6.04. The summed E-state index contributed by atoms with van der Waals surface area (Å²) in [6, 6.07) is 15.0. The molecule has 6 heteroatoms. The van der Waals surface area contributed by atoms with Crippen LogP contribution in [0.5, 0.6) is 5.75 Å². The molecule has 4 rings (SSSR count). The Kier molecular flexibility index (Phi) is 3.89. The minimum Gasteiger partial charge on any atom is -0.497 e. The number of nitrogens with one attached hydrogen (secondary N) is 1. The topological polar surface area (TPSA) is 78.5 Å². The van der Waals surface area contributed by atoms with E-state index in [1.54, 1.807) is 12.0 Å². The van der Waals surface area contributed by atoms with Gasteiger partial charge in [0.25, 0.3) is 5.91 Å². The minimum absolute atomic E-state index is 0.179. The largest absolute Gasteiger partial charge is 0.497 e. The standard InChI is InChI=1S/C19H19N3O3/c1-25-14-6-4-5-12(9-14)17-10-13(23)11-22(17)19(24)18-15-7-2-3-8-16(15)20-21-18/h2-9,13,17,23H,10-11H2,1H3,(H,20,21)/t13-,17-/m0/s1. The molecule has 1 saturated heterocycles. The summed E-state index contributed by atoms with van der Waals surface area (Å²) in [5.74, 6) is 0.554. The summed E-state index contributed by atoms with van der Waals surface area (Å²) in [6.45, 7) is 0.294. The molecule has 25 heavy (non-hydrogen) atoms. The Labute approximate surface area is 145 Å². The third kappa shape index (κ3) is 2.74. The van der Waals surface area contributed by atoms with Gasteiger partial charge in [-0.05, 0) is 30.2 Å². The van der Waals surface area contributed by atoms with Crippen molar-refractivity contribution < 1.29 is 14.6 Å². The zero-order valence-corrected chi connectivity index (χ0v) is 13.8. The van der Waals surface area contributed by atoms with Gasteiger partial charge < -0.3 is 14.7 Å². The molecule has 2 atom stereocenters. The molecule has 2 heterocycles. The van der Waals surface area contributed by atoms with Crippen molar-refractivity contribution in [2.45, 2.75) is 18.6 Å². The van der Waals surface area contributed by atoms with E-state index in [1.807, 2.05) is 48.5 Å². The van der Waals surface area contributed by atoms with Gasteiger partial charge in [0.15, 0.2) is 5.69 Å². The monoisotopic (exact) mass is 337 g/mol. The number of nitrogens with zero attached hydrogens (tertiary/aromatic N) is 2. The van der Waals surface area contributed by atoms with Crippen molar-refractivity contribution in [1.29, 1.82) is 0 Å². The van der Waals surface area contributed by atoms with Crippen molar-refractivity contribution in [3.8, 4) is 5.75 Å². The molecule has 3 aromatic rings. The van der Waals surface area contributed by atoms with Crippen molar-refractivity contribution >= 4 is 16.8 Å². The number of amides is 1. The van der Waals surface area contributed by atoms with Gasteiger partial charge in [-0.25, -0.2) is 0 Å². The van der Waals surface area contributed by atoms with Crippen LogP contribution in [0.15, 0.2) is 48.5 Å². The fourth-order valence-electron chi connectivity index (χ4n) is 3.47. The number of benzene rings is 2. The molecular weight excluding hydrogens is 318 g/mol. The number of ether oxygens (including phenoxy) is 1. The molecule has 1 aromatic heterocycles. The van der Waals surface area contributed by atoms with Gasteiger partial charge in [-0.15, -0.1) is 0 Å². The number of likely N-dealkylation sites (tertiary alicyclic amines) is 1. The molecular formula is C19H19N3O3. The van der Waals surface area contributed by atoms with Crippen LogP contribution in [0, 0.1) is 0 Å². The van der Waals surface area contributed by atoms with E-state index in [1.165, 1.54) is 0 Å². The average Bonchev–Trinajstić information content (AvgIpc) is 3.25. The van der Waals surface area contributed by atoms with Gasteiger partial charge in [-0.3, -0.25) is 9.89 Å². The van der Waals surface area contributed by atoms with Crippen LogP contribution in [-0.2, 0) is 0 Å². The van der Waals surface area contributed by atoms with Crippen LogP contribution < -0.4 is 4.74 Å². The van der Waals surface area contributed by atoms with Crippen LogP contribution in [0.1, 0.15) is 28.5 Å². The number of hydrogen-bond donors (Lipinski definition) is 2. The third-order valence-corrected chi connectivity index (χ3v) is 4.69. The van der Waals surface area contributed by atoms with Crippen molar-refractivity contribution in [1.82, 2.24) is 15.1 Å². The van der Waals surface area contributed by atoms with Gasteiger partial charge >= 0.3 is 0 Å². The molecule has 0 spiro atoms. The number of hydrogen-bond acceptors (Lipinski definition) is 4. The first-order valence-electron chi connectivity index (χ1n) is 8.23. The summed E-state index contributed by atoms with van der Waals surface area (Å²) in [6.07, 6.45) is -0.0493. The van der Waals surface area contributed by atoms with E-state index in [0.29, 0.717) is 18.7 Å². The Balaban J connectivity index is 1.70. The number of methoxy groups -OCH3 is 1. The number of para-hydroxylation sites is 1. The summed E-state index contributed by atoms with van der Waals surface area (Å²) in [4.78, 5) is 14.8. The summed E-state index contributed by atoms with van der Waals surface area (Å²) in [5.41, 5.74) is 2.16. The summed E-state index contributed by atoms with van der Waals surface area (Å²) in [5, 5.41) is 18.1. The van der Waals surface area contributed by atoms with Crippen LogP contribution in [0.4, 0.5) is 0 Å². The van der Waals surface area contributed by atoms with E-state index >= 15 is 0 Å². The second kappa shape index (κ2) is 6.22. The first kappa shape index (κ1) is 15.7. The van der Waals surface area contributed by atoms with Crippen LogP contribution >= 0.6 is 0 Å². The lowest BCUT2D eigenvalue weighted by Gasteiger charge is -2.24. The quantitative estimate of drug-likeness (QED) is 0.770. The lowest BCUT2D eigenvalue weighted by Crippen LogP contribution is -2.32. The zero-order chi connectivity index (χ0) is 17.4. The second-order valence-corrected chi connectivity index (χ2v) is 6.26. The molecule has 1 amide bonds. The van der Waals surface area contributed by atoms with Crippen LogP contribution in [0.3, 0.4) is 0 Å². The average molecular weight is 337 g/mol.